The number of carbonyl (C=O) groups is 1. The zero-order valence-corrected chi connectivity index (χ0v) is 26.6. The smallest absolute Gasteiger partial charge is 0.282 e. The molecule has 1 amide bonds. The fourth-order valence-electron chi connectivity index (χ4n) is 5.93. The van der Waals surface area contributed by atoms with E-state index in [1.165, 1.54) is 22.1 Å². The molecule has 3 aromatic heterocycles. The summed E-state index contributed by atoms with van der Waals surface area (Å²) in [5.74, 6) is -5.02. The van der Waals surface area contributed by atoms with E-state index >= 15 is 8.78 Å². The van der Waals surface area contributed by atoms with Gasteiger partial charge in [-0.1, -0.05) is 26.5 Å². The lowest BCUT2D eigenvalue weighted by Gasteiger charge is -2.42. The first-order valence-corrected chi connectivity index (χ1v) is 16.3. The first-order valence-electron chi connectivity index (χ1n) is 14.4. The van der Waals surface area contributed by atoms with E-state index in [4.69, 9.17) is 0 Å². The third-order valence-corrected chi connectivity index (χ3v) is 9.10. The average Bonchev–Trinajstić information content (AvgIpc) is 2.96. The van der Waals surface area contributed by atoms with Crippen molar-refractivity contribution in [1.29, 1.82) is 0 Å². The van der Waals surface area contributed by atoms with E-state index in [-0.39, 0.29) is 48.0 Å². The predicted octanol–water partition coefficient (Wildman–Crippen LogP) is 4.79. The normalized spacial score (nSPS) is 15.5. The highest BCUT2D eigenvalue weighted by Gasteiger charge is 2.36. The standard InChI is InChI=1S/C32H32F3N5O5S/c1-16(2)25-27(17(3)10-11-36-25)40-30-20(14-22(35)26(37-30)24-21(34)8-7-9-23(24)41)28(29(32(40)43)46(6,44)45)39-13-12-38(15-18(39)4)31(42)19(5)33/h7-11,14,16,18,41H,5,12-13,15H2,1-4,6H3/t18-/m0/s1. The molecule has 4 heterocycles. The number of phenols is 1. The van der Waals surface area contributed by atoms with Crippen molar-refractivity contribution in [3.8, 4) is 22.7 Å². The Kier molecular flexibility index (Phi) is 8.45. The molecule has 1 N–H and O–H groups in total. The Morgan fingerprint density at radius 3 is 2.41 bits per heavy atom. The summed E-state index contributed by atoms with van der Waals surface area (Å²) in [6.45, 7) is 9.87. The molecule has 1 atom stereocenters. The summed E-state index contributed by atoms with van der Waals surface area (Å²) in [7, 11) is -4.34. The number of benzene rings is 1. The van der Waals surface area contributed by atoms with Crippen LogP contribution in [0, 0.1) is 18.6 Å². The Balaban J connectivity index is 1.96. The van der Waals surface area contributed by atoms with Gasteiger partial charge in [-0.2, -0.15) is 0 Å². The molecule has 0 saturated carbocycles. The third-order valence-electron chi connectivity index (χ3n) is 7.99. The third kappa shape index (κ3) is 5.50. The highest BCUT2D eigenvalue weighted by Crippen LogP contribution is 2.40. The monoisotopic (exact) mass is 655 g/mol. The Hall–Kier alpha value is -4.72. The molecule has 14 heteroatoms. The van der Waals surface area contributed by atoms with E-state index in [9.17, 15) is 27.5 Å². The van der Waals surface area contributed by atoms with Gasteiger partial charge in [0.15, 0.2) is 32.0 Å². The second-order valence-corrected chi connectivity index (χ2v) is 13.6. The number of nitrogens with zero attached hydrogens (tertiary/aromatic N) is 5. The van der Waals surface area contributed by atoms with Crippen LogP contribution in [0.5, 0.6) is 5.75 Å². The number of aromatic hydroxyl groups is 1. The molecule has 1 aliphatic rings. The summed E-state index contributed by atoms with van der Waals surface area (Å²) in [4.78, 5) is 37.9. The molecule has 1 fully saturated rings. The fraction of sp³-hybridized carbons (Fsp3) is 0.312. The first kappa shape index (κ1) is 32.7. The number of rotatable bonds is 6. The van der Waals surface area contributed by atoms with Crippen LogP contribution in [0.4, 0.5) is 18.9 Å². The lowest BCUT2D eigenvalue weighted by atomic mass is 10.0. The summed E-state index contributed by atoms with van der Waals surface area (Å²) in [5.41, 5.74) is -1.37. The van der Waals surface area contributed by atoms with Gasteiger partial charge in [-0.05, 0) is 49.6 Å². The molecule has 0 bridgehead atoms. The van der Waals surface area contributed by atoms with E-state index < -0.39 is 66.7 Å². The summed E-state index contributed by atoms with van der Waals surface area (Å²) >= 11 is 0. The number of hydrogen-bond donors (Lipinski definition) is 1. The van der Waals surface area contributed by atoms with Gasteiger partial charge in [-0.25, -0.2) is 26.6 Å². The highest BCUT2D eigenvalue weighted by atomic mass is 32.2. The van der Waals surface area contributed by atoms with Gasteiger partial charge in [0, 0.05) is 43.5 Å². The summed E-state index contributed by atoms with van der Waals surface area (Å²) < 4.78 is 72.9. The molecular weight excluding hydrogens is 623 g/mol. The van der Waals surface area contributed by atoms with Crippen molar-refractivity contribution in [3.05, 3.63) is 82.2 Å². The predicted molar refractivity (Wildman–Crippen MR) is 168 cm³/mol. The fourth-order valence-corrected chi connectivity index (χ4v) is 6.91. The number of piperazine rings is 1. The van der Waals surface area contributed by atoms with Crippen LogP contribution in [0.25, 0.3) is 28.0 Å². The van der Waals surface area contributed by atoms with Crippen molar-refractivity contribution in [2.45, 2.75) is 44.6 Å². The first-order chi connectivity index (χ1) is 21.5. The number of sulfone groups is 1. The number of anilines is 1. The zero-order chi connectivity index (χ0) is 33.8. The van der Waals surface area contributed by atoms with E-state index in [0.29, 0.717) is 11.3 Å². The number of fused-ring (bicyclic) bond motifs is 1. The van der Waals surface area contributed by atoms with Crippen molar-refractivity contribution in [1.82, 2.24) is 19.4 Å². The lowest BCUT2D eigenvalue weighted by molar-refractivity contribution is -0.129. The minimum Gasteiger partial charge on any atom is -0.507 e. The van der Waals surface area contributed by atoms with Gasteiger partial charge in [0.05, 0.1) is 22.6 Å². The van der Waals surface area contributed by atoms with Gasteiger partial charge < -0.3 is 14.9 Å². The molecule has 242 valence electrons. The second-order valence-electron chi connectivity index (χ2n) is 11.6. The second kappa shape index (κ2) is 11.9. The largest absolute Gasteiger partial charge is 0.507 e. The SMILES string of the molecule is C=C(F)C(=O)N1CCN(c2c(S(C)(=O)=O)c(=O)n(-c3c(C)ccnc3C(C)C)c3nc(-c4c(O)cccc4F)c(F)cc23)[C@@H](C)C1. The number of carbonyl (C=O) groups excluding carboxylic acids is 1. The van der Waals surface area contributed by atoms with Crippen molar-refractivity contribution in [3.63, 3.8) is 0 Å². The van der Waals surface area contributed by atoms with Crippen LogP contribution in [-0.2, 0) is 14.6 Å². The van der Waals surface area contributed by atoms with Crippen LogP contribution in [0.15, 0.2) is 58.6 Å². The van der Waals surface area contributed by atoms with E-state index in [0.717, 1.165) is 29.0 Å². The van der Waals surface area contributed by atoms with Crippen molar-refractivity contribution in [2.75, 3.05) is 30.8 Å². The van der Waals surface area contributed by atoms with Gasteiger partial charge in [0.1, 0.15) is 17.3 Å². The zero-order valence-electron chi connectivity index (χ0n) is 25.8. The molecule has 1 saturated heterocycles. The topological polar surface area (TPSA) is 126 Å². The number of pyridine rings is 3. The minimum atomic E-state index is -4.34. The Morgan fingerprint density at radius 1 is 1.13 bits per heavy atom. The van der Waals surface area contributed by atoms with Gasteiger partial charge in [0.25, 0.3) is 11.5 Å². The molecular formula is C32H32F3N5O5S. The quantitative estimate of drug-likeness (QED) is 0.294. The van der Waals surface area contributed by atoms with Crippen LogP contribution >= 0.6 is 0 Å². The number of aryl methyl sites for hydroxylation is 1. The van der Waals surface area contributed by atoms with Gasteiger partial charge in [-0.15, -0.1) is 0 Å². The molecule has 0 aliphatic carbocycles. The van der Waals surface area contributed by atoms with Crippen molar-refractivity contribution in [2.24, 2.45) is 0 Å². The molecule has 0 radical (unpaired) electrons. The number of aromatic nitrogens is 3. The molecule has 1 aliphatic heterocycles. The van der Waals surface area contributed by atoms with Crippen LogP contribution in [0.3, 0.4) is 0 Å². The number of phenolic OH excluding ortho intramolecular Hbond substituents is 1. The Bertz CT molecular complexity index is 2080. The highest BCUT2D eigenvalue weighted by molar-refractivity contribution is 7.90. The van der Waals surface area contributed by atoms with Gasteiger partial charge in [-0.3, -0.25) is 19.1 Å². The molecule has 0 spiro atoms. The van der Waals surface area contributed by atoms with Gasteiger partial charge in [0.2, 0.25) is 0 Å². The van der Waals surface area contributed by atoms with E-state index in [1.807, 2.05) is 13.8 Å². The lowest BCUT2D eigenvalue weighted by Crippen LogP contribution is -2.54. The van der Waals surface area contributed by atoms with E-state index in [2.05, 4.69) is 16.5 Å². The van der Waals surface area contributed by atoms with Crippen LogP contribution in [-0.4, -0.2) is 70.8 Å². The summed E-state index contributed by atoms with van der Waals surface area (Å²) in [6.07, 6.45) is 2.40. The molecule has 1 aromatic carbocycles. The maximum absolute atomic E-state index is 16.1. The molecule has 10 nitrogen and oxygen atoms in total. The summed E-state index contributed by atoms with van der Waals surface area (Å²) in [5, 5.41) is 10.4. The molecule has 4 aromatic rings. The van der Waals surface area contributed by atoms with Crippen molar-refractivity contribution >= 4 is 32.5 Å². The molecule has 46 heavy (non-hydrogen) atoms. The number of hydrogen-bond acceptors (Lipinski definition) is 8. The van der Waals surface area contributed by atoms with Gasteiger partial charge >= 0.3 is 0 Å². The molecule has 0 unspecified atom stereocenters. The van der Waals surface area contributed by atoms with E-state index in [1.54, 1.807) is 19.9 Å². The number of halogens is 3. The van der Waals surface area contributed by atoms with Crippen molar-refractivity contribution < 1.29 is 31.5 Å². The molecule has 5 rings (SSSR count). The average molecular weight is 656 g/mol. The number of amides is 1. The van der Waals surface area contributed by atoms with Crippen LogP contribution < -0.4 is 10.5 Å². The minimum absolute atomic E-state index is 0.0537. The summed E-state index contributed by atoms with van der Waals surface area (Å²) in [6, 6.07) is 5.31. The maximum Gasteiger partial charge on any atom is 0.282 e. The van der Waals surface area contributed by atoms with Crippen LogP contribution in [0.1, 0.15) is 37.9 Å². The maximum atomic E-state index is 16.1. The Labute approximate surface area is 263 Å². The Morgan fingerprint density at radius 2 is 1.83 bits per heavy atom. The van der Waals surface area contributed by atoms with Crippen LogP contribution in [0.2, 0.25) is 0 Å².